The molecule has 0 aliphatic rings. The van der Waals surface area contributed by atoms with Gasteiger partial charge in [0.05, 0.1) is 32.6 Å². The van der Waals surface area contributed by atoms with E-state index in [2.05, 4.69) is 205 Å². The van der Waals surface area contributed by atoms with Gasteiger partial charge in [0.15, 0.2) is 11.4 Å². The van der Waals surface area contributed by atoms with Gasteiger partial charge in [-0.15, -0.1) is 11.3 Å². The van der Waals surface area contributed by atoms with Crippen molar-refractivity contribution in [2.24, 2.45) is 0 Å². The molecule has 4 aromatic heterocycles. The number of para-hydroxylation sites is 2. The third-order valence-corrected chi connectivity index (χ3v) is 13.4. The van der Waals surface area contributed by atoms with Crippen LogP contribution >= 0.6 is 11.3 Å². The van der Waals surface area contributed by atoms with Crippen LogP contribution in [0.1, 0.15) is 0 Å². The van der Waals surface area contributed by atoms with Gasteiger partial charge in [-0.1, -0.05) is 170 Å². The van der Waals surface area contributed by atoms with E-state index < -0.39 is 0 Å². The molecule has 0 atom stereocenters. The predicted octanol–water partition coefficient (Wildman–Crippen LogP) is 15.7. The molecule has 0 N–H and O–H groups in total. The summed E-state index contributed by atoms with van der Waals surface area (Å²) in [5, 5.41) is 7.96. The Bertz CT molecular complexity index is 3860. The minimum absolute atomic E-state index is 0.674. The van der Waals surface area contributed by atoms with Crippen molar-refractivity contribution < 1.29 is 4.42 Å². The molecule has 0 bridgehead atoms. The highest BCUT2D eigenvalue weighted by Gasteiger charge is 2.24. The van der Waals surface area contributed by atoms with Gasteiger partial charge in [-0.3, -0.25) is 0 Å². The Morgan fingerprint density at radius 3 is 1.90 bits per heavy atom. The van der Waals surface area contributed by atoms with Crippen LogP contribution in [-0.2, 0) is 0 Å². The minimum Gasteiger partial charge on any atom is -0.454 e. The summed E-state index contributed by atoms with van der Waals surface area (Å²) in [6.45, 7) is 0. The Kier molecular flexibility index (Phi) is 7.44. The normalized spacial score (nSPS) is 11.9. The van der Waals surface area contributed by atoms with Crippen molar-refractivity contribution in [1.29, 1.82) is 0 Å². The van der Waals surface area contributed by atoms with Crippen molar-refractivity contribution in [1.82, 2.24) is 14.5 Å². The molecule has 0 saturated carbocycles. The molecule has 0 amide bonds. The average molecular weight is 796 g/mol. The number of thiophene rings is 1. The van der Waals surface area contributed by atoms with Gasteiger partial charge >= 0.3 is 0 Å². The Labute approximate surface area is 354 Å². The van der Waals surface area contributed by atoms with E-state index in [0.29, 0.717) is 5.82 Å². The van der Waals surface area contributed by atoms with Gasteiger partial charge in [0.25, 0.3) is 0 Å². The molecule has 0 radical (unpaired) electrons. The first-order chi connectivity index (χ1) is 30.3. The second-order valence-corrected chi connectivity index (χ2v) is 16.7. The zero-order valence-electron chi connectivity index (χ0n) is 32.7. The first kappa shape index (κ1) is 34.0. The number of furan rings is 1. The molecule has 9 aromatic carbocycles. The van der Waals surface area contributed by atoms with E-state index >= 15 is 0 Å². The molecule has 0 unspecified atom stereocenters. The lowest BCUT2D eigenvalue weighted by Crippen LogP contribution is -1.96. The highest BCUT2D eigenvalue weighted by molar-refractivity contribution is 7.26. The number of fused-ring (bicyclic) bond motifs is 11. The summed E-state index contributed by atoms with van der Waals surface area (Å²) in [4.78, 5) is 10.8. The van der Waals surface area contributed by atoms with Crippen LogP contribution in [0, 0.1) is 0 Å². The van der Waals surface area contributed by atoms with E-state index in [1.165, 1.54) is 48.5 Å². The fourth-order valence-electron chi connectivity index (χ4n) is 9.48. The lowest BCUT2D eigenvalue weighted by atomic mass is 9.95. The monoisotopic (exact) mass is 795 g/mol. The maximum Gasteiger partial charge on any atom is 0.161 e. The molecular weight excluding hydrogens is 763 g/mol. The SMILES string of the molecule is c1ccc(-c2ccc(-c3nc(-c4cccc5oc6c(-n7c8ccccc8c8cc(-c9ccccc9)c9ccccc9c87)cccc6c45)nc4c3sc3ccccc34)cc2)cc1. The Morgan fingerprint density at radius 2 is 1.08 bits per heavy atom. The van der Waals surface area contributed by atoms with Crippen LogP contribution in [0.3, 0.4) is 0 Å². The molecule has 0 spiro atoms. The summed E-state index contributed by atoms with van der Waals surface area (Å²) in [6, 6.07) is 71.2. The lowest BCUT2D eigenvalue weighted by molar-refractivity contribution is 0.666. The third kappa shape index (κ3) is 5.18. The fourth-order valence-corrected chi connectivity index (χ4v) is 10.6. The third-order valence-electron chi connectivity index (χ3n) is 12.2. The zero-order valence-corrected chi connectivity index (χ0v) is 33.5. The highest BCUT2D eigenvalue weighted by Crippen LogP contribution is 2.46. The number of hydrogen-bond acceptors (Lipinski definition) is 4. The van der Waals surface area contributed by atoms with Crippen LogP contribution in [0.2, 0.25) is 0 Å². The second-order valence-electron chi connectivity index (χ2n) is 15.6. The van der Waals surface area contributed by atoms with Crippen molar-refractivity contribution in [3.63, 3.8) is 0 Å². The van der Waals surface area contributed by atoms with E-state index in [9.17, 15) is 0 Å². The highest BCUT2D eigenvalue weighted by atomic mass is 32.1. The molecule has 0 aliphatic heterocycles. The number of nitrogens with zero attached hydrogens (tertiary/aromatic N) is 3. The Balaban J connectivity index is 1.06. The molecule has 13 rings (SSSR count). The number of aromatic nitrogens is 3. The van der Waals surface area contributed by atoms with Crippen LogP contribution < -0.4 is 0 Å². The molecule has 0 aliphatic carbocycles. The van der Waals surface area contributed by atoms with Gasteiger partial charge in [-0.2, -0.15) is 0 Å². The molecule has 0 fully saturated rings. The number of benzene rings is 9. The van der Waals surface area contributed by atoms with Crippen LogP contribution in [0.5, 0.6) is 0 Å². The lowest BCUT2D eigenvalue weighted by Gasteiger charge is -2.13. The Morgan fingerprint density at radius 1 is 0.443 bits per heavy atom. The Hall–Kier alpha value is -7.86. The van der Waals surface area contributed by atoms with Gasteiger partial charge < -0.3 is 8.98 Å². The summed E-state index contributed by atoms with van der Waals surface area (Å²) in [6.07, 6.45) is 0. The molecule has 61 heavy (non-hydrogen) atoms. The van der Waals surface area contributed by atoms with E-state index in [-0.39, 0.29) is 0 Å². The maximum atomic E-state index is 7.01. The number of hydrogen-bond donors (Lipinski definition) is 0. The summed E-state index contributed by atoms with van der Waals surface area (Å²) < 4.78 is 11.7. The summed E-state index contributed by atoms with van der Waals surface area (Å²) in [7, 11) is 0. The first-order valence-corrected chi connectivity index (χ1v) is 21.4. The average Bonchev–Trinajstić information content (AvgIpc) is 4.02. The molecule has 4 nitrogen and oxygen atoms in total. The molecule has 284 valence electrons. The standard InChI is InChI=1S/C56H33N3OS/c1-3-15-34(16-4-1)35-29-31-37(32-30-35)51-55-52(41-22-10-12-28-49(41)61-55)58-56(57-51)43-24-14-27-48-50(43)42-23-13-26-47(54(42)60-48)59-46-25-11-9-20-39(46)45-33-44(36-17-5-2-6-18-36)38-19-7-8-21-40(38)53(45)59/h1-33H. The van der Waals surface area contributed by atoms with Gasteiger partial charge in [0.1, 0.15) is 5.58 Å². The van der Waals surface area contributed by atoms with Crippen molar-refractivity contribution in [2.75, 3.05) is 0 Å². The second kappa shape index (κ2) is 13.3. The fraction of sp³-hybridized carbons (Fsp3) is 0. The van der Waals surface area contributed by atoms with E-state index in [0.717, 1.165) is 71.1 Å². The van der Waals surface area contributed by atoms with E-state index in [4.69, 9.17) is 14.4 Å². The van der Waals surface area contributed by atoms with Gasteiger partial charge in [-0.25, -0.2) is 9.97 Å². The maximum absolute atomic E-state index is 7.01. The summed E-state index contributed by atoms with van der Waals surface area (Å²) in [5.74, 6) is 0.674. The predicted molar refractivity (Wildman–Crippen MR) is 256 cm³/mol. The first-order valence-electron chi connectivity index (χ1n) is 20.6. The van der Waals surface area contributed by atoms with Crippen molar-refractivity contribution in [2.45, 2.75) is 0 Å². The largest absolute Gasteiger partial charge is 0.454 e. The van der Waals surface area contributed by atoms with Crippen molar-refractivity contribution in [3.8, 4) is 50.6 Å². The summed E-state index contributed by atoms with van der Waals surface area (Å²) in [5.41, 5.74) is 13.6. The van der Waals surface area contributed by atoms with Gasteiger partial charge in [0, 0.05) is 48.1 Å². The van der Waals surface area contributed by atoms with Gasteiger partial charge in [-0.05, 0) is 58.0 Å². The molecule has 5 heteroatoms. The molecule has 0 saturated heterocycles. The van der Waals surface area contributed by atoms with Crippen LogP contribution in [0.4, 0.5) is 0 Å². The zero-order chi connectivity index (χ0) is 40.0. The molecular formula is C56H33N3OS. The van der Waals surface area contributed by atoms with E-state index in [1.807, 2.05) is 0 Å². The van der Waals surface area contributed by atoms with Gasteiger partial charge in [0.2, 0.25) is 0 Å². The summed E-state index contributed by atoms with van der Waals surface area (Å²) >= 11 is 1.75. The van der Waals surface area contributed by atoms with Crippen LogP contribution in [0.25, 0.3) is 125 Å². The smallest absolute Gasteiger partial charge is 0.161 e. The van der Waals surface area contributed by atoms with Crippen LogP contribution in [0.15, 0.2) is 205 Å². The van der Waals surface area contributed by atoms with Crippen molar-refractivity contribution in [3.05, 3.63) is 200 Å². The number of rotatable bonds is 5. The topological polar surface area (TPSA) is 43.9 Å². The molecule has 13 aromatic rings. The van der Waals surface area contributed by atoms with E-state index in [1.54, 1.807) is 11.3 Å². The molecule has 4 heterocycles. The minimum atomic E-state index is 0.674. The van der Waals surface area contributed by atoms with Crippen LogP contribution in [-0.4, -0.2) is 14.5 Å². The quantitative estimate of drug-likeness (QED) is 0.174. The van der Waals surface area contributed by atoms with Crippen molar-refractivity contribution >= 4 is 86.2 Å².